The molecule has 1 aliphatic heterocycles. The summed E-state index contributed by atoms with van der Waals surface area (Å²) in [6, 6.07) is 15.8. The van der Waals surface area contributed by atoms with E-state index in [1.807, 2.05) is 54.6 Å². The Bertz CT molecular complexity index is 947. The van der Waals surface area contributed by atoms with Crippen LogP contribution in [0.4, 0.5) is 5.69 Å². The molecule has 4 rings (SSSR count). The van der Waals surface area contributed by atoms with Gasteiger partial charge in [-0.1, -0.05) is 74.2 Å². The molecular weight excluding hydrogens is 392 g/mol. The van der Waals surface area contributed by atoms with Gasteiger partial charge in [0.05, 0.1) is 10.6 Å². The monoisotopic (exact) mass is 420 g/mol. The van der Waals surface area contributed by atoms with Gasteiger partial charge in [0.25, 0.3) is 11.8 Å². The van der Waals surface area contributed by atoms with Crippen molar-refractivity contribution in [3.05, 3.63) is 64.6 Å². The van der Waals surface area contributed by atoms with E-state index < -0.39 is 0 Å². The van der Waals surface area contributed by atoms with Crippen LogP contribution < -0.4 is 10.2 Å². The number of nitrogens with zero attached hydrogens (tertiary/aromatic N) is 1. The minimum atomic E-state index is -0.0473. The Morgan fingerprint density at radius 3 is 2.47 bits per heavy atom. The van der Waals surface area contributed by atoms with Crippen LogP contribution in [-0.4, -0.2) is 24.9 Å². The minimum absolute atomic E-state index is 0.0418. The summed E-state index contributed by atoms with van der Waals surface area (Å²) in [5, 5.41) is 3.22. The van der Waals surface area contributed by atoms with Crippen molar-refractivity contribution >= 4 is 35.3 Å². The van der Waals surface area contributed by atoms with E-state index in [0.29, 0.717) is 10.5 Å². The summed E-state index contributed by atoms with van der Waals surface area (Å²) in [5.74, 6) is -0.0891. The highest BCUT2D eigenvalue weighted by Gasteiger charge is 2.27. The second-order valence-electron chi connectivity index (χ2n) is 8.08. The SMILES string of the molecule is CN1C(=O)C(=Cc2ccccc2)Sc2ccc(C(=O)NC3CCCCCCC3)cc21. The van der Waals surface area contributed by atoms with Gasteiger partial charge in [-0.2, -0.15) is 0 Å². The van der Waals surface area contributed by atoms with Gasteiger partial charge in [0.15, 0.2) is 0 Å². The zero-order valence-corrected chi connectivity index (χ0v) is 18.2. The molecule has 0 unspecified atom stereocenters. The molecule has 1 heterocycles. The summed E-state index contributed by atoms with van der Waals surface area (Å²) in [6.45, 7) is 0. The number of thioether (sulfide) groups is 1. The molecule has 30 heavy (non-hydrogen) atoms. The average Bonchev–Trinajstić information content (AvgIpc) is 2.74. The smallest absolute Gasteiger partial charge is 0.264 e. The normalized spacial score (nSPS) is 19.2. The summed E-state index contributed by atoms with van der Waals surface area (Å²) >= 11 is 1.46. The van der Waals surface area contributed by atoms with E-state index in [1.165, 1.54) is 43.9 Å². The van der Waals surface area contributed by atoms with Crippen LogP contribution in [0.3, 0.4) is 0 Å². The zero-order valence-electron chi connectivity index (χ0n) is 17.4. The summed E-state index contributed by atoms with van der Waals surface area (Å²) in [5.41, 5.74) is 2.41. The maximum Gasteiger partial charge on any atom is 0.264 e. The number of fused-ring (bicyclic) bond motifs is 1. The number of rotatable bonds is 3. The highest BCUT2D eigenvalue weighted by molar-refractivity contribution is 8.04. The molecule has 156 valence electrons. The molecule has 4 nitrogen and oxygen atoms in total. The van der Waals surface area contributed by atoms with Gasteiger partial charge in [-0.15, -0.1) is 0 Å². The molecule has 2 aliphatic rings. The zero-order chi connectivity index (χ0) is 20.9. The van der Waals surface area contributed by atoms with Crippen LogP contribution in [0.1, 0.15) is 60.9 Å². The lowest BCUT2D eigenvalue weighted by Crippen LogP contribution is -2.35. The van der Waals surface area contributed by atoms with Gasteiger partial charge in [-0.3, -0.25) is 9.59 Å². The molecule has 0 radical (unpaired) electrons. The molecule has 2 aromatic rings. The summed E-state index contributed by atoms with van der Waals surface area (Å²) in [7, 11) is 1.77. The van der Waals surface area contributed by atoms with E-state index in [2.05, 4.69) is 5.32 Å². The number of anilines is 1. The predicted octanol–water partition coefficient (Wildman–Crippen LogP) is 5.64. The topological polar surface area (TPSA) is 49.4 Å². The van der Waals surface area contributed by atoms with Gasteiger partial charge < -0.3 is 10.2 Å². The molecule has 1 saturated carbocycles. The Hall–Kier alpha value is -2.53. The Balaban J connectivity index is 1.51. The molecule has 0 bridgehead atoms. The van der Waals surface area contributed by atoms with Gasteiger partial charge in [-0.25, -0.2) is 0 Å². The van der Waals surface area contributed by atoms with Crippen molar-refractivity contribution in [1.82, 2.24) is 5.32 Å². The van der Waals surface area contributed by atoms with Crippen molar-refractivity contribution in [3.63, 3.8) is 0 Å². The quantitative estimate of drug-likeness (QED) is 0.654. The number of carbonyl (C=O) groups is 2. The van der Waals surface area contributed by atoms with Gasteiger partial charge in [0, 0.05) is 23.5 Å². The Labute approximate surface area is 182 Å². The summed E-state index contributed by atoms with van der Waals surface area (Å²) < 4.78 is 0. The second-order valence-corrected chi connectivity index (χ2v) is 9.17. The van der Waals surface area contributed by atoms with E-state index in [0.717, 1.165) is 29.0 Å². The van der Waals surface area contributed by atoms with E-state index in [4.69, 9.17) is 0 Å². The molecule has 0 saturated heterocycles. The number of benzene rings is 2. The average molecular weight is 421 g/mol. The van der Waals surface area contributed by atoms with E-state index >= 15 is 0 Å². The number of nitrogens with one attached hydrogen (secondary N) is 1. The van der Waals surface area contributed by atoms with E-state index in [1.54, 1.807) is 11.9 Å². The molecular formula is C25H28N2O2S. The Morgan fingerprint density at radius 2 is 1.73 bits per heavy atom. The van der Waals surface area contributed by atoms with Crippen LogP contribution in [0, 0.1) is 0 Å². The molecule has 0 atom stereocenters. The fraction of sp³-hybridized carbons (Fsp3) is 0.360. The van der Waals surface area contributed by atoms with E-state index in [-0.39, 0.29) is 17.9 Å². The number of carbonyl (C=O) groups excluding carboxylic acids is 2. The lowest BCUT2D eigenvalue weighted by Gasteiger charge is -2.27. The van der Waals surface area contributed by atoms with Gasteiger partial charge in [-0.05, 0) is 42.7 Å². The molecule has 0 spiro atoms. The van der Waals surface area contributed by atoms with Crippen molar-refractivity contribution < 1.29 is 9.59 Å². The fourth-order valence-electron chi connectivity index (χ4n) is 4.10. The van der Waals surface area contributed by atoms with Gasteiger partial charge >= 0.3 is 0 Å². The lowest BCUT2D eigenvalue weighted by atomic mass is 9.96. The van der Waals surface area contributed by atoms with Crippen molar-refractivity contribution in [2.24, 2.45) is 0 Å². The molecule has 0 aromatic heterocycles. The molecule has 2 amide bonds. The molecule has 2 aromatic carbocycles. The molecule has 1 aliphatic carbocycles. The third kappa shape index (κ3) is 4.78. The highest BCUT2D eigenvalue weighted by Crippen LogP contribution is 2.42. The Morgan fingerprint density at radius 1 is 1.03 bits per heavy atom. The van der Waals surface area contributed by atoms with Crippen molar-refractivity contribution in [2.75, 3.05) is 11.9 Å². The van der Waals surface area contributed by atoms with Crippen LogP contribution >= 0.6 is 11.8 Å². The van der Waals surface area contributed by atoms with Gasteiger partial charge in [0.2, 0.25) is 0 Å². The third-order valence-electron chi connectivity index (χ3n) is 5.86. The molecule has 1 N–H and O–H groups in total. The highest BCUT2D eigenvalue weighted by atomic mass is 32.2. The van der Waals surface area contributed by atoms with Crippen molar-refractivity contribution in [1.29, 1.82) is 0 Å². The lowest BCUT2D eigenvalue weighted by molar-refractivity contribution is -0.114. The van der Waals surface area contributed by atoms with Crippen LogP contribution in [0.5, 0.6) is 0 Å². The van der Waals surface area contributed by atoms with Crippen molar-refractivity contribution in [2.45, 2.75) is 55.9 Å². The number of likely N-dealkylation sites (N-methyl/N-ethyl adjacent to an activating group) is 1. The van der Waals surface area contributed by atoms with Crippen LogP contribution in [0.15, 0.2) is 58.3 Å². The number of hydrogen-bond donors (Lipinski definition) is 1. The number of hydrogen-bond acceptors (Lipinski definition) is 3. The summed E-state index contributed by atoms with van der Waals surface area (Å²) in [6.07, 6.45) is 10.2. The third-order valence-corrected chi connectivity index (χ3v) is 6.93. The standard InChI is InChI=1S/C25H28N2O2S/c1-27-21-17-19(24(28)26-20-12-8-3-2-4-9-13-20)14-15-22(21)30-23(25(27)29)16-18-10-6-5-7-11-18/h5-7,10-11,14-17,20H,2-4,8-9,12-13H2,1H3,(H,26,28). The second kappa shape index (κ2) is 9.52. The largest absolute Gasteiger partial charge is 0.349 e. The summed E-state index contributed by atoms with van der Waals surface area (Å²) in [4.78, 5) is 29.1. The first kappa shape index (κ1) is 20.7. The maximum atomic E-state index is 12.9. The van der Waals surface area contributed by atoms with E-state index in [9.17, 15) is 9.59 Å². The fourth-order valence-corrected chi connectivity index (χ4v) is 5.20. The minimum Gasteiger partial charge on any atom is -0.349 e. The van der Waals surface area contributed by atoms with Crippen molar-refractivity contribution in [3.8, 4) is 0 Å². The van der Waals surface area contributed by atoms with Crippen LogP contribution in [0.25, 0.3) is 6.08 Å². The number of amides is 2. The van der Waals surface area contributed by atoms with Crippen LogP contribution in [-0.2, 0) is 4.79 Å². The first-order valence-electron chi connectivity index (χ1n) is 10.8. The Kier molecular flexibility index (Phi) is 6.58. The maximum absolute atomic E-state index is 12.9. The first-order chi connectivity index (χ1) is 14.6. The predicted molar refractivity (Wildman–Crippen MR) is 124 cm³/mol. The molecule has 1 fully saturated rings. The van der Waals surface area contributed by atoms with Gasteiger partial charge in [0.1, 0.15) is 0 Å². The molecule has 5 heteroatoms. The first-order valence-corrected chi connectivity index (χ1v) is 11.6. The van der Waals surface area contributed by atoms with Crippen LogP contribution in [0.2, 0.25) is 0 Å².